The summed E-state index contributed by atoms with van der Waals surface area (Å²) in [5.74, 6) is 0.625. The third-order valence-electron chi connectivity index (χ3n) is 2.70. The number of aromatic nitrogens is 2. The predicted octanol–water partition coefficient (Wildman–Crippen LogP) is 3.93. The van der Waals surface area contributed by atoms with Gasteiger partial charge in [-0.05, 0) is 25.2 Å². The predicted molar refractivity (Wildman–Crippen MR) is 70.5 cm³/mol. The molecule has 0 amide bonds. The fraction of sp³-hybridized carbons (Fsp3) is 0.750. The second-order valence-electron chi connectivity index (χ2n) is 4.85. The molecule has 0 bridgehead atoms. The lowest BCUT2D eigenvalue weighted by atomic mass is 9.90. The van der Waals surface area contributed by atoms with Gasteiger partial charge in [-0.2, -0.15) is 5.10 Å². The summed E-state index contributed by atoms with van der Waals surface area (Å²) in [6.07, 6.45) is 1.75. The van der Waals surface area contributed by atoms with Gasteiger partial charge in [0, 0.05) is 12.4 Å². The largest absolute Gasteiger partial charge is 0.268 e. The summed E-state index contributed by atoms with van der Waals surface area (Å²) in [6, 6.07) is 0. The summed E-state index contributed by atoms with van der Waals surface area (Å²) in [5.41, 5.74) is 2.17. The molecule has 0 saturated heterocycles. The van der Waals surface area contributed by atoms with Gasteiger partial charge in [-0.1, -0.05) is 32.4 Å². The fourth-order valence-electron chi connectivity index (χ4n) is 1.69. The van der Waals surface area contributed by atoms with Crippen molar-refractivity contribution in [3.05, 3.63) is 16.4 Å². The van der Waals surface area contributed by atoms with Gasteiger partial charge in [0.25, 0.3) is 0 Å². The second-order valence-corrected chi connectivity index (χ2v) is 5.50. The quantitative estimate of drug-likeness (QED) is 0.736. The first-order chi connectivity index (χ1) is 7.45. The molecule has 0 radical (unpaired) electrons. The fourth-order valence-corrected chi connectivity index (χ4v) is 2.12. The highest BCUT2D eigenvalue weighted by atomic mass is 35.5. The monoisotopic (exact) mass is 262 g/mol. The highest BCUT2D eigenvalue weighted by Crippen LogP contribution is 2.29. The van der Waals surface area contributed by atoms with Crippen molar-refractivity contribution in [2.24, 2.45) is 5.41 Å². The Morgan fingerprint density at radius 2 is 1.94 bits per heavy atom. The van der Waals surface area contributed by atoms with E-state index in [-0.39, 0.29) is 5.41 Å². The van der Waals surface area contributed by atoms with Crippen LogP contribution in [0.15, 0.2) is 0 Å². The molecule has 1 aromatic heterocycles. The van der Waals surface area contributed by atoms with Crippen LogP contribution in [-0.2, 0) is 19.4 Å². The third kappa shape index (κ3) is 2.92. The maximum atomic E-state index is 6.34. The molecule has 1 rings (SSSR count). The van der Waals surface area contributed by atoms with Crippen molar-refractivity contribution in [3.8, 4) is 0 Å². The molecule has 1 aromatic rings. The van der Waals surface area contributed by atoms with Gasteiger partial charge in [0.2, 0.25) is 0 Å². The molecule has 0 N–H and O–H groups in total. The highest BCUT2D eigenvalue weighted by molar-refractivity contribution is 6.31. The Hall–Kier alpha value is -0.210. The molecule has 0 aliphatic rings. The molecule has 0 unspecified atom stereocenters. The molecule has 1 heterocycles. The van der Waals surface area contributed by atoms with Crippen molar-refractivity contribution in [3.63, 3.8) is 0 Å². The third-order valence-corrected chi connectivity index (χ3v) is 3.86. The van der Waals surface area contributed by atoms with Crippen molar-refractivity contribution in [1.29, 1.82) is 0 Å². The van der Waals surface area contributed by atoms with E-state index in [0.717, 1.165) is 35.8 Å². The van der Waals surface area contributed by atoms with Gasteiger partial charge in [-0.25, -0.2) is 0 Å². The number of hydrogen-bond acceptors (Lipinski definition) is 1. The summed E-state index contributed by atoms with van der Waals surface area (Å²) >= 11 is 12.3. The molecule has 0 aromatic carbocycles. The molecular weight excluding hydrogens is 243 g/mol. The van der Waals surface area contributed by atoms with E-state index in [1.165, 1.54) is 0 Å². The Labute approximate surface area is 108 Å². The SMILES string of the molecule is CCc1nn(CC)c(CC(C)(C)CCl)c1Cl. The number of aryl methyl sites for hydroxylation is 2. The minimum atomic E-state index is 0.0587. The maximum absolute atomic E-state index is 6.34. The normalized spacial score (nSPS) is 12.1. The van der Waals surface area contributed by atoms with Gasteiger partial charge < -0.3 is 0 Å². The lowest BCUT2D eigenvalue weighted by molar-refractivity contribution is 0.400. The van der Waals surface area contributed by atoms with Crippen LogP contribution in [0.5, 0.6) is 0 Å². The van der Waals surface area contributed by atoms with Crippen LogP contribution in [0.2, 0.25) is 5.02 Å². The topological polar surface area (TPSA) is 17.8 Å². The molecule has 4 heteroatoms. The zero-order valence-corrected chi connectivity index (χ0v) is 12.0. The van der Waals surface area contributed by atoms with E-state index in [1.807, 2.05) is 4.68 Å². The van der Waals surface area contributed by atoms with Gasteiger partial charge in [0.05, 0.1) is 16.4 Å². The summed E-state index contributed by atoms with van der Waals surface area (Å²) in [5, 5.41) is 5.33. The number of halogens is 2. The summed E-state index contributed by atoms with van der Waals surface area (Å²) in [7, 11) is 0. The minimum Gasteiger partial charge on any atom is -0.268 e. The van der Waals surface area contributed by atoms with Gasteiger partial charge in [-0.15, -0.1) is 11.6 Å². The van der Waals surface area contributed by atoms with Crippen molar-refractivity contribution < 1.29 is 0 Å². The van der Waals surface area contributed by atoms with E-state index in [2.05, 4.69) is 32.8 Å². The average molecular weight is 263 g/mol. The van der Waals surface area contributed by atoms with Gasteiger partial charge in [-0.3, -0.25) is 4.68 Å². The van der Waals surface area contributed by atoms with Crippen LogP contribution in [0, 0.1) is 5.41 Å². The molecule has 0 fully saturated rings. The van der Waals surface area contributed by atoms with Crippen LogP contribution in [-0.4, -0.2) is 15.7 Å². The zero-order valence-electron chi connectivity index (χ0n) is 10.5. The Balaban J connectivity index is 3.06. The summed E-state index contributed by atoms with van der Waals surface area (Å²) < 4.78 is 2.00. The van der Waals surface area contributed by atoms with Crippen LogP contribution in [0.25, 0.3) is 0 Å². The molecule has 16 heavy (non-hydrogen) atoms. The Bertz CT molecular complexity index is 356. The first kappa shape index (κ1) is 13.9. The summed E-state index contributed by atoms with van der Waals surface area (Å²) in [6.45, 7) is 9.31. The number of alkyl halides is 1. The summed E-state index contributed by atoms with van der Waals surface area (Å²) in [4.78, 5) is 0. The van der Waals surface area contributed by atoms with E-state index in [1.54, 1.807) is 0 Å². The van der Waals surface area contributed by atoms with E-state index >= 15 is 0 Å². The van der Waals surface area contributed by atoms with Crippen LogP contribution < -0.4 is 0 Å². The molecule has 0 saturated carbocycles. The molecule has 0 aliphatic heterocycles. The van der Waals surface area contributed by atoms with Crippen molar-refractivity contribution in [2.45, 2.75) is 47.1 Å². The van der Waals surface area contributed by atoms with E-state index < -0.39 is 0 Å². The number of hydrogen-bond donors (Lipinski definition) is 0. The van der Waals surface area contributed by atoms with Crippen LogP contribution >= 0.6 is 23.2 Å². The van der Waals surface area contributed by atoms with E-state index in [4.69, 9.17) is 23.2 Å². The molecule has 92 valence electrons. The molecule has 2 nitrogen and oxygen atoms in total. The van der Waals surface area contributed by atoms with Gasteiger partial charge in [0.1, 0.15) is 0 Å². The number of nitrogens with zero attached hydrogens (tertiary/aromatic N) is 2. The first-order valence-electron chi connectivity index (χ1n) is 5.75. The zero-order chi connectivity index (χ0) is 12.3. The van der Waals surface area contributed by atoms with Crippen LogP contribution in [0.3, 0.4) is 0 Å². The van der Waals surface area contributed by atoms with E-state index in [0.29, 0.717) is 5.88 Å². The Morgan fingerprint density at radius 1 is 1.31 bits per heavy atom. The first-order valence-corrected chi connectivity index (χ1v) is 6.66. The van der Waals surface area contributed by atoms with Crippen molar-refractivity contribution in [2.75, 3.05) is 5.88 Å². The lowest BCUT2D eigenvalue weighted by Gasteiger charge is -2.21. The Morgan fingerprint density at radius 3 is 2.38 bits per heavy atom. The lowest BCUT2D eigenvalue weighted by Crippen LogP contribution is -2.19. The van der Waals surface area contributed by atoms with E-state index in [9.17, 15) is 0 Å². The Kier molecular flexibility index (Phi) is 4.69. The molecule has 0 spiro atoms. The van der Waals surface area contributed by atoms with Gasteiger partial charge in [0.15, 0.2) is 0 Å². The average Bonchev–Trinajstić information content (AvgIpc) is 2.55. The maximum Gasteiger partial charge on any atom is 0.0850 e. The second kappa shape index (κ2) is 5.42. The van der Waals surface area contributed by atoms with Crippen LogP contribution in [0.4, 0.5) is 0 Å². The minimum absolute atomic E-state index is 0.0587. The van der Waals surface area contributed by atoms with Crippen molar-refractivity contribution >= 4 is 23.2 Å². The molecule has 0 aliphatic carbocycles. The standard InChI is InChI=1S/C12H20Cl2N2/c1-5-9-11(14)10(16(6-2)15-9)7-12(3,4)8-13/h5-8H2,1-4H3. The number of rotatable bonds is 5. The molecular formula is C12H20Cl2N2. The van der Waals surface area contributed by atoms with Crippen LogP contribution in [0.1, 0.15) is 39.1 Å². The van der Waals surface area contributed by atoms with Gasteiger partial charge >= 0.3 is 0 Å². The highest BCUT2D eigenvalue weighted by Gasteiger charge is 2.23. The van der Waals surface area contributed by atoms with Crippen molar-refractivity contribution in [1.82, 2.24) is 9.78 Å². The smallest absolute Gasteiger partial charge is 0.0850 e. The molecule has 0 atom stereocenters.